The number of methoxy groups -OCH3 is 1. The lowest BCUT2D eigenvalue weighted by atomic mass is 10.00. The summed E-state index contributed by atoms with van der Waals surface area (Å²) in [4.78, 5) is 25.0. The van der Waals surface area contributed by atoms with Crippen molar-refractivity contribution in [1.82, 2.24) is 4.90 Å². The molecule has 21 heavy (non-hydrogen) atoms. The number of nitrogens with zero attached hydrogens (tertiary/aromatic N) is 1. The highest BCUT2D eigenvalue weighted by Crippen LogP contribution is 2.31. The van der Waals surface area contributed by atoms with E-state index in [9.17, 15) is 14.7 Å². The van der Waals surface area contributed by atoms with Gasteiger partial charge in [0.05, 0.1) is 12.1 Å². The largest absolute Gasteiger partial charge is 0.495 e. The number of likely N-dealkylation sites (tertiary alicyclic amines) is 1. The molecule has 114 valence electrons. The SMILES string of the molecule is COc1cc(NC(=O)N2CCCC2(C)C(=O)O)ccc1Cl. The quantitative estimate of drug-likeness (QED) is 0.899. The van der Waals surface area contributed by atoms with Crippen molar-refractivity contribution in [2.24, 2.45) is 0 Å². The molecule has 0 radical (unpaired) electrons. The second kappa shape index (κ2) is 5.81. The smallest absolute Gasteiger partial charge is 0.329 e. The predicted molar refractivity (Wildman–Crippen MR) is 79.0 cm³/mol. The molecule has 6 nitrogen and oxygen atoms in total. The summed E-state index contributed by atoms with van der Waals surface area (Å²) in [6, 6.07) is 4.39. The van der Waals surface area contributed by atoms with Crippen LogP contribution in [0.2, 0.25) is 5.02 Å². The van der Waals surface area contributed by atoms with Gasteiger partial charge in [-0.05, 0) is 31.9 Å². The number of amides is 2. The molecule has 1 heterocycles. The van der Waals surface area contributed by atoms with E-state index in [4.69, 9.17) is 16.3 Å². The second-order valence-electron chi connectivity index (χ2n) is 5.11. The number of ether oxygens (including phenoxy) is 1. The Morgan fingerprint density at radius 1 is 1.48 bits per heavy atom. The van der Waals surface area contributed by atoms with E-state index in [0.717, 1.165) is 0 Å². The van der Waals surface area contributed by atoms with Crippen molar-refractivity contribution in [3.8, 4) is 5.75 Å². The third kappa shape index (κ3) is 2.90. The topological polar surface area (TPSA) is 78.9 Å². The van der Waals surface area contributed by atoms with Crippen molar-refractivity contribution in [2.45, 2.75) is 25.3 Å². The Labute approximate surface area is 127 Å². The van der Waals surface area contributed by atoms with Gasteiger partial charge in [0.25, 0.3) is 0 Å². The van der Waals surface area contributed by atoms with Gasteiger partial charge in [0, 0.05) is 18.3 Å². The molecule has 0 aliphatic carbocycles. The minimum atomic E-state index is -1.17. The molecule has 1 unspecified atom stereocenters. The number of halogens is 1. The minimum Gasteiger partial charge on any atom is -0.495 e. The molecule has 0 aromatic heterocycles. The molecular weight excluding hydrogens is 296 g/mol. The van der Waals surface area contributed by atoms with Crippen LogP contribution in [-0.2, 0) is 4.79 Å². The number of carboxylic acid groups (broad SMARTS) is 1. The number of nitrogens with one attached hydrogen (secondary N) is 1. The van der Waals surface area contributed by atoms with E-state index in [1.165, 1.54) is 12.0 Å². The second-order valence-corrected chi connectivity index (χ2v) is 5.52. The van der Waals surface area contributed by atoms with Gasteiger partial charge in [-0.25, -0.2) is 9.59 Å². The lowest BCUT2D eigenvalue weighted by Crippen LogP contribution is -2.52. The van der Waals surface area contributed by atoms with Crippen LogP contribution in [0.4, 0.5) is 10.5 Å². The molecule has 2 amide bonds. The summed E-state index contributed by atoms with van der Waals surface area (Å²) in [5, 5.41) is 12.4. The molecule has 1 aliphatic heterocycles. The summed E-state index contributed by atoms with van der Waals surface area (Å²) < 4.78 is 5.08. The number of hydrogen-bond donors (Lipinski definition) is 2. The normalized spacial score (nSPS) is 21.2. The Hall–Kier alpha value is -1.95. The molecular formula is C14H17ClN2O4. The summed E-state index contributed by atoms with van der Waals surface area (Å²) in [5.41, 5.74) is -0.665. The number of rotatable bonds is 3. The van der Waals surface area contributed by atoms with E-state index in [-0.39, 0.29) is 0 Å². The molecule has 1 atom stereocenters. The molecule has 2 rings (SSSR count). The Morgan fingerprint density at radius 3 is 2.81 bits per heavy atom. The summed E-state index contributed by atoms with van der Waals surface area (Å²) in [6.07, 6.45) is 1.11. The number of carbonyl (C=O) groups is 2. The maximum atomic E-state index is 12.3. The highest BCUT2D eigenvalue weighted by molar-refractivity contribution is 6.32. The zero-order valence-corrected chi connectivity index (χ0v) is 12.6. The summed E-state index contributed by atoms with van der Waals surface area (Å²) in [6.45, 7) is 1.98. The van der Waals surface area contributed by atoms with E-state index in [2.05, 4.69) is 5.32 Å². The van der Waals surface area contributed by atoms with Crippen LogP contribution < -0.4 is 10.1 Å². The van der Waals surface area contributed by atoms with E-state index < -0.39 is 17.5 Å². The van der Waals surface area contributed by atoms with Crippen molar-refractivity contribution in [3.05, 3.63) is 23.2 Å². The molecule has 1 aromatic carbocycles. The molecule has 1 fully saturated rings. The first-order chi connectivity index (χ1) is 9.88. The van der Waals surface area contributed by atoms with Crippen LogP contribution in [0.1, 0.15) is 19.8 Å². The Balaban J connectivity index is 2.16. The first kappa shape index (κ1) is 15.4. The molecule has 0 saturated carbocycles. The lowest BCUT2D eigenvalue weighted by Gasteiger charge is -2.31. The zero-order valence-electron chi connectivity index (χ0n) is 11.9. The van der Waals surface area contributed by atoms with Gasteiger partial charge in [-0.1, -0.05) is 11.6 Å². The van der Waals surface area contributed by atoms with Crippen LogP contribution in [0.3, 0.4) is 0 Å². The van der Waals surface area contributed by atoms with Gasteiger partial charge < -0.3 is 20.1 Å². The number of urea groups is 1. The van der Waals surface area contributed by atoms with Gasteiger partial charge in [-0.15, -0.1) is 0 Å². The molecule has 1 saturated heterocycles. The molecule has 0 bridgehead atoms. The molecule has 2 N–H and O–H groups in total. The van der Waals surface area contributed by atoms with Crippen LogP contribution in [0.25, 0.3) is 0 Å². The molecule has 1 aromatic rings. The average Bonchev–Trinajstić information content (AvgIpc) is 2.84. The third-order valence-electron chi connectivity index (χ3n) is 3.75. The number of carboxylic acids is 1. The average molecular weight is 313 g/mol. The fourth-order valence-corrected chi connectivity index (χ4v) is 2.63. The van der Waals surface area contributed by atoms with Gasteiger partial charge in [-0.2, -0.15) is 0 Å². The van der Waals surface area contributed by atoms with Crippen molar-refractivity contribution in [3.63, 3.8) is 0 Å². The maximum Gasteiger partial charge on any atom is 0.329 e. The number of benzene rings is 1. The Bertz CT molecular complexity index is 578. The number of carbonyl (C=O) groups excluding carboxylic acids is 1. The van der Waals surface area contributed by atoms with Crippen LogP contribution >= 0.6 is 11.6 Å². The van der Waals surface area contributed by atoms with Crippen LogP contribution in [0.5, 0.6) is 5.75 Å². The summed E-state index contributed by atoms with van der Waals surface area (Å²) >= 11 is 5.92. The van der Waals surface area contributed by atoms with Crippen LogP contribution in [0.15, 0.2) is 18.2 Å². The van der Waals surface area contributed by atoms with Gasteiger partial charge >= 0.3 is 12.0 Å². The van der Waals surface area contributed by atoms with Crippen molar-refractivity contribution < 1.29 is 19.4 Å². The van der Waals surface area contributed by atoms with Crippen molar-refractivity contribution >= 4 is 29.3 Å². The van der Waals surface area contributed by atoms with E-state index >= 15 is 0 Å². The third-order valence-corrected chi connectivity index (χ3v) is 4.06. The van der Waals surface area contributed by atoms with Gasteiger partial charge in [0.15, 0.2) is 0 Å². The number of anilines is 1. The lowest BCUT2D eigenvalue weighted by molar-refractivity contribution is -0.146. The van der Waals surface area contributed by atoms with E-state index in [1.807, 2.05) is 0 Å². The van der Waals surface area contributed by atoms with Gasteiger partial charge in [-0.3, -0.25) is 0 Å². The highest BCUT2D eigenvalue weighted by Gasteiger charge is 2.46. The predicted octanol–water partition coefficient (Wildman–Crippen LogP) is 2.82. The van der Waals surface area contributed by atoms with Gasteiger partial charge in [0.2, 0.25) is 0 Å². The van der Waals surface area contributed by atoms with Gasteiger partial charge in [0.1, 0.15) is 11.3 Å². The first-order valence-corrected chi connectivity index (χ1v) is 6.92. The summed E-state index contributed by atoms with van der Waals surface area (Å²) in [7, 11) is 1.48. The summed E-state index contributed by atoms with van der Waals surface area (Å²) in [5.74, 6) is -0.555. The fourth-order valence-electron chi connectivity index (χ4n) is 2.44. The molecule has 7 heteroatoms. The fraction of sp³-hybridized carbons (Fsp3) is 0.429. The van der Waals surface area contributed by atoms with Crippen LogP contribution in [0, 0.1) is 0 Å². The van der Waals surface area contributed by atoms with E-state index in [0.29, 0.717) is 35.8 Å². The molecule has 1 aliphatic rings. The standard InChI is InChI=1S/C14H17ClN2O4/c1-14(12(18)19)6-3-7-17(14)13(20)16-9-4-5-10(15)11(8-9)21-2/h4-5,8H,3,6-7H2,1-2H3,(H,16,20)(H,18,19). The number of aliphatic carboxylic acids is 1. The van der Waals surface area contributed by atoms with Crippen LogP contribution in [-0.4, -0.2) is 41.2 Å². The monoisotopic (exact) mass is 312 g/mol. The number of hydrogen-bond acceptors (Lipinski definition) is 3. The first-order valence-electron chi connectivity index (χ1n) is 6.54. The zero-order chi connectivity index (χ0) is 15.6. The van der Waals surface area contributed by atoms with E-state index in [1.54, 1.807) is 25.1 Å². The Morgan fingerprint density at radius 2 is 2.19 bits per heavy atom. The Kier molecular flexibility index (Phi) is 4.27. The molecule has 0 spiro atoms. The maximum absolute atomic E-state index is 12.3. The highest BCUT2D eigenvalue weighted by atomic mass is 35.5. The van der Waals surface area contributed by atoms with Crippen molar-refractivity contribution in [2.75, 3.05) is 19.0 Å². The van der Waals surface area contributed by atoms with Crippen molar-refractivity contribution in [1.29, 1.82) is 0 Å². The minimum absolute atomic E-state index is 0.416.